The van der Waals surface area contributed by atoms with E-state index in [0.717, 1.165) is 16.4 Å². The number of hydrogen-bond donors (Lipinski definition) is 0. The van der Waals surface area contributed by atoms with E-state index in [9.17, 15) is 17.2 Å². The van der Waals surface area contributed by atoms with E-state index >= 15 is 0 Å². The topological polar surface area (TPSA) is 73.6 Å². The van der Waals surface area contributed by atoms with Gasteiger partial charge in [-0.3, -0.25) is 4.90 Å². The highest BCUT2D eigenvalue weighted by Gasteiger charge is 2.44. The molecule has 0 aliphatic carbocycles. The van der Waals surface area contributed by atoms with Crippen molar-refractivity contribution in [1.29, 1.82) is 5.26 Å². The number of likely N-dealkylation sites (N-methyl/N-ethyl adjacent to an activating group) is 1. The van der Waals surface area contributed by atoms with Crippen LogP contribution >= 0.6 is 0 Å². The molecule has 0 saturated carbocycles. The van der Waals surface area contributed by atoms with E-state index in [-0.39, 0.29) is 30.8 Å². The highest BCUT2D eigenvalue weighted by atomic mass is 32.2. The van der Waals surface area contributed by atoms with Crippen LogP contribution in [0, 0.1) is 23.0 Å². The summed E-state index contributed by atoms with van der Waals surface area (Å²) >= 11 is 0. The molecule has 0 unspecified atom stereocenters. The van der Waals surface area contributed by atoms with Crippen LogP contribution in [0.4, 0.5) is 8.78 Å². The second kappa shape index (κ2) is 5.79. The molecular weight excluding hydrogens is 328 g/mol. The molecule has 2 aliphatic heterocycles. The fraction of sp³-hybridized carbons (Fsp3) is 0.500. The SMILES string of the molecule is CN1CCO[C@@H]2CN(S(=O)(=O)c3c(F)cc(C#N)cc3F)C[C@@H]21. The second-order valence-corrected chi connectivity index (χ2v) is 7.53. The number of rotatable bonds is 2. The summed E-state index contributed by atoms with van der Waals surface area (Å²) < 4.78 is 59.9. The van der Waals surface area contributed by atoms with E-state index in [2.05, 4.69) is 0 Å². The van der Waals surface area contributed by atoms with Gasteiger partial charge in [0.1, 0.15) is 11.6 Å². The largest absolute Gasteiger partial charge is 0.374 e. The van der Waals surface area contributed by atoms with Crippen LogP contribution in [0.25, 0.3) is 0 Å². The Balaban J connectivity index is 1.96. The number of nitrogens with zero attached hydrogens (tertiary/aromatic N) is 3. The van der Waals surface area contributed by atoms with Crippen LogP contribution in [-0.2, 0) is 14.8 Å². The van der Waals surface area contributed by atoms with E-state index in [0.29, 0.717) is 13.2 Å². The average Bonchev–Trinajstić information content (AvgIpc) is 2.92. The van der Waals surface area contributed by atoms with Gasteiger partial charge >= 0.3 is 0 Å². The minimum Gasteiger partial charge on any atom is -0.374 e. The number of fused-ring (bicyclic) bond motifs is 1. The maximum Gasteiger partial charge on any atom is 0.249 e. The number of hydrogen-bond acceptors (Lipinski definition) is 5. The lowest BCUT2D eigenvalue weighted by molar-refractivity contribution is -0.0366. The van der Waals surface area contributed by atoms with Crippen LogP contribution in [0.1, 0.15) is 5.56 Å². The molecule has 2 heterocycles. The summed E-state index contributed by atoms with van der Waals surface area (Å²) in [6, 6.07) is 2.90. The zero-order chi connectivity index (χ0) is 16.8. The van der Waals surface area contributed by atoms with Crippen molar-refractivity contribution < 1.29 is 21.9 Å². The van der Waals surface area contributed by atoms with Crippen LogP contribution in [0.5, 0.6) is 0 Å². The summed E-state index contributed by atoms with van der Waals surface area (Å²) in [5, 5.41) is 8.70. The lowest BCUT2D eigenvalue weighted by atomic mass is 10.1. The molecule has 23 heavy (non-hydrogen) atoms. The monoisotopic (exact) mass is 343 g/mol. The van der Waals surface area contributed by atoms with Crippen molar-refractivity contribution in [3.8, 4) is 6.07 Å². The first-order valence-corrected chi connectivity index (χ1v) is 8.49. The maximum absolute atomic E-state index is 14.1. The third kappa shape index (κ3) is 2.72. The van der Waals surface area contributed by atoms with E-state index in [4.69, 9.17) is 10.00 Å². The predicted octanol–water partition coefficient (Wildman–Crippen LogP) is 0.540. The van der Waals surface area contributed by atoms with E-state index < -0.39 is 26.6 Å². The highest BCUT2D eigenvalue weighted by Crippen LogP contribution is 2.30. The fourth-order valence-electron chi connectivity index (χ4n) is 3.02. The molecule has 3 rings (SSSR count). The quantitative estimate of drug-likeness (QED) is 0.784. The number of morpholine rings is 1. The van der Waals surface area contributed by atoms with Gasteiger partial charge in [-0.25, -0.2) is 17.2 Å². The van der Waals surface area contributed by atoms with Gasteiger partial charge in [0, 0.05) is 19.6 Å². The first-order chi connectivity index (χ1) is 10.8. The third-order valence-corrected chi connectivity index (χ3v) is 6.15. The average molecular weight is 343 g/mol. The number of nitriles is 1. The third-order valence-electron chi connectivity index (χ3n) is 4.27. The molecule has 6 nitrogen and oxygen atoms in total. The standard InChI is InChI=1S/C14H15F2N3O3S/c1-18-2-3-22-13-8-19(7-12(13)18)23(20,21)14-10(15)4-9(6-17)5-11(14)16/h4-5,12-13H,2-3,7-8H2,1H3/t12-,13+/m0/s1. The Kier molecular flexibility index (Phi) is 4.10. The first kappa shape index (κ1) is 16.3. The summed E-state index contributed by atoms with van der Waals surface area (Å²) in [6.07, 6.45) is -0.312. The van der Waals surface area contributed by atoms with E-state index in [1.165, 1.54) is 0 Å². The minimum absolute atomic E-state index is 0.0518. The zero-order valence-electron chi connectivity index (χ0n) is 12.4. The van der Waals surface area contributed by atoms with Gasteiger partial charge in [0.25, 0.3) is 0 Å². The molecule has 2 aliphatic rings. The Morgan fingerprint density at radius 2 is 1.96 bits per heavy atom. The summed E-state index contributed by atoms with van der Waals surface area (Å²) in [5.41, 5.74) is -0.267. The van der Waals surface area contributed by atoms with Crippen molar-refractivity contribution in [1.82, 2.24) is 9.21 Å². The number of sulfonamides is 1. The van der Waals surface area contributed by atoms with E-state index in [1.54, 1.807) is 6.07 Å². The van der Waals surface area contributed by atoms with Crippen LogP contribution in [0.3, 0.4) is 0 Å². The second-order valence-electron chi connectivity index (χ2n) is 5.66. The zero-order valence-corrected chi connectivity index (χ0v) is 13.2. The van der Waals surface area contributed by atoms with Crippen molar-refractivity contribution in [2.45, 2.75) is 17.0 Å². The molecular formula is C14H15F2N3O3S. The number of halogens is 2. The molecule has 9 heteroatoms. The Bertz CT molecular complexity index is 755. The van der Waals surface area contributed by atoms with Gasteiger partial charge in [0.15, 0.2) is 4.90 Å². The maximum atomic E-state index is 14.1. The van der Waals surface area contributed by atoms with Gasteiger partial charge in [-0.2, -0.15) is 9.57 Å². The minimum atomic E-state index is -4.34. The number of benzene rings is 1. The lowest BCUT2D eigenvalue weighted by Crippen LogP contribution is -2.48. The molecule has 2 atom stereocenters. The Labute approximate surface area is 132 Å². The first-order valence-electron chi connectivity index (χ1n) is 7.05. The van der Waals surface area contributed by atoms with Crippen molar-refractivity contribution in [2.75, 3.05) is 33.3 Å². The van der Waals surface area contributed by atoms with Gasteiger partial charge < -0.3 is 4.74 Å². The molecule has 0 spiro atoms. The van der Waals surface area contributed by atoms with Crippen LogP contribution < -0.4 is 0 Å². The summed E-state index contributed by atoms with van der Waals surface area (Å²) in [4.78, 5) is 0.965. The van der Waals surface area contributed by atoms with Gasteiger partial charge in [0.2, 0.25) is 10.0 Å². The van der Waals surface area contributed by atoms with Crippen molar-refractivity contribution in [3.63, 3.8) is 0 Å². The van der Waals surface area contributed by atoms with Crippen LogP contribution in [0.2, 0.25) is 0 Å². The van der Waals surface area contributed by atoms with Gasteiger partial charge in [-0.15, -0.1) is 0 Å². The van der Waals surface area contributed by atoms with Gasteiger partial charge in [0.05, 0.1) is 30.4 Å². The molecule has 0 amide bonds. The molecule has 1 aromatic carbocycles. The van der Waals surface area contributed by atoms with Crippen molar-refractivity contribution in [2.24, 2.45) is 0 Å². The predicted molar refractivity (Wildman–Crippen MR) is 76.0 cm³/mol. The molecule has 0 radical (unpaired) electrons. The molecule has 0 N–H and O–H groups in total. The molecule has 2 fully saturated rings. The Morgan fingerprint density at radius 3 is 2.52 bits per heavy atom. The van der Waals surface area contributed by atoms with Crippen molar-refractivity contribution >= 4 is 10.0 Å². The van der Waals surface area contributed by atoms with Gasteiger partial charge in [-0.1, -0.05) is 0 Å². The summed E-state index contributed by atoms with van der Waals surface area (Å²) in [5.74, 6) is -2.52. The molecule has 0 aromatic heterocycles. The molecule has 1 aromatic rings. The molecule has 124 valence electrons. The Hall–Kier alpha value is -1.60. The fourth-order valence-corrected chi connectivity index (χ4v) is 4.58. The molecule has 2 saturated heterocycles. The summed E-state index contributed by atoms with van der Waals surface area (Å²) in [6.45, 7) is 1.33. The highest BCUT2D eigenvalue weighted by molar-refractivity contribution is 7.89. The van der Waals surface area contributed by atoms with Crippen LogP contribution in [-0.4, -0.2) is 63.1 Å². The summed E-state index contributed by atoms with van der Waals surface area (Å²) in [7, 11) is -2.48. The van der Waals surface area contributed by atoms with Crippen LogP contribution in [0.15, 0.2) is 17.0 Å². The van der Waals surface area contributed by atoms with Gasteiger partial charge in [-0.05, 0) is 19.2 Å². The molecule has 0 bridgehead atoms. The van der Waals surface area contributed by atoms with E-state index in [1.807, 2.05) is 11.9 Å². The lowest BCUT2D eigenvalue weighted by Gasteiger charge is -2.33. The number of ether oxygens (including phenoxy) is 1. The van der Waals surface area contributed by atoms with Crippen molar-refractivity contribution in [3.05, 3.63) is 29.3 Å². The smallest absolute Gasteiger partial charge is 0.249 e. The normalized spacial score (nSPS) is 26.0. The Morgan fingerprint density at radius 1 is 1.30 bits per heavy atom.